The van der Waals surface area contributed by atoms with Crippen LogP contribution in [0.25, 0.3) is 0 Å². The van der Waals surface area contributed by atoms with E-state index in [4.69, 9.17) is 0 Å². The summed E-state index contributed by atoms with van der Waals surface area (Å²) in [7, 11) is 0. The maximum Gasteiger partial charge on any atom is 0.182 e. The van der Waals surface area contributed by atoms with Crippen LogP contribution in [0.3, 0.4) is 0 Å². The van der Waals surface area contributed by atoms with Gasteiger partial charge in [0, 0.05) is 18.5 Å². The van der Waals surface area contributed by atoms with Gasteiger partial charge in [0.1, 0.15) is 0 Å². The Kier molecular flexibility index (Phi) is 1.79. The van der Waals surface area contributed by atoms with Crippen molar-refractivity contribution in [2.45, 2.75) is 38.4 Å². The van der Waals surface area contributed by atoms with Gasteiger partial charge in [0.15, 0.2) is 11.5 Å². The molecular weight excluding hydrogens is 145 g/mol. The van der Waals surface area contributed by atoms with E-state index in [2.05, 4.69) is 5.32 Å². The summed E-state index contributed by atoms with van der Waals surface area (Å²) in [6.07, 6.45) is 0.287. The Bertz CT molecular complexity index is 191. The number of ketones is 1. The average molecular weight is 159 g/mol. The van der Waals surface area contributed by atoms with Gasteiger partial charge in [0.25, 0.3) is 0 Å². The van der Waals surface area contributed by atoms with Gasteiger partial charge in [-0.15, -0.1) is 0 Å². The van der Waals surface area contributed by atoms with Crippen LogP contribution < -0.4 is 5.32 Å². The van der Waals surface area contributed by atoms with Crippen molar-refractivity contribution in [2.75, 3.05) is 6.54 Å². The molecule has 1 aliphatic heterocycles. The Morgan fingerprint density at radius 3 is 2.27 bits per heavy atom. The third-order valence-electron chi connectivity index (χ3n) is 2.20. The molecule has 1 fully saturated rings. The highest BCUT2D eigenvalue weighted by molar-refractivity contribution is 5.85. The maximum atomic E-state index is 13.5. The largest absolute Gasteiger partial charge is 0.308 e. The van der Waals surface area contributed by atoms with Crippen LogP contribution >= 0.6 is 0 Å². The van der Waals surface area contributed by atoms with Crippen molar-refractivity contribution < 1.29 is 9.18 Å². The first-order chi connectivity index (χ1) is 4.86. The normalized spacial score (nSPS) is 35.6. The first-order valence-electron chi connectivity index (χ1n) is 3.81. The quantitative estimate of drug-likeness (QED) is 0.619. The van der Waals surface area contributed by atoms with Gasteiger partial charge in [-0.2, -0.15) is 0 Å². The topological polar surface area (TPSA) is 29.1 Å². The zero-order chi connectivity index (χ0) is 8.70. The summed E-state index contributed by atoms with van der Waals surface area (Å²) < 4.78 is 13.5. The molecule has 0 aromatic carbocycles. The molecule has 2 nitrogen and oxygen atoms in total. The zero-order valence-corrected chi connectivity index (χ0v) is 7.20. The van der Waals surface area contributed by atoms with Crippen molar-refractivity contribution in [2.24, 2.45) is 0 Å². The predicted molar refractivity (Wildman–Crippen MR) is 41.2 cm³/mol. The van der Waals surface area contributed by atoms with E-state index in [1.54, 1.807) is 0 Å². The van der Waals surface area contributed by atoms with Gasteiger partial charge in [0.2, 0.25) is 0 Å². The standard InChI is InChI=1S/C8H14FNO/c1-6(11)8(9)4-7(2,3)10-5-8/h10H,4-5H2,1-3H3/t8-/m0/s1. The number of Topliss-reactive ketones (excluding diaryl/α,β-unsaturated/α-hetero) is 1. The highest BCUT2D eigenvalue weighted by Gasteiger charge is 2.46. The molecule has 1 heterocycles. The Morgan fingerprint density at radius 1 is 1.55 bits per heavy atom. The van der Waals surface area contributed by atoms with Crippen LogP contribution in [0, 0.1) is 0 Å². The van der Waals surface area contributed by atoms with Crippen molar-refractivity contribution in [3.05, 3.63) is 0 Å². The summed E-state index contributed by atoms with van der Waals surface area (Å²) in [5.41, 5.74) is -1.86. The average Bonchev–Trinajstić information content (AvgIpc) is 2.08. The summed E-state index contributed by atoms with van der Waals surface area (Å²) in [5, 5.41) is 2.97. The molecule has 1 N–H and O–H groups in total. The van der Waals surface area contributed by atoms with Crippen LogP contribution in [0.15, 0.2) is 0 Å². The number of alkyl halides is 1. The molecule has 0 unspecified atom stereocenters. The molecule has 1 saturated heterocycles. The van der Waals surface area contributed by atoms with E-state index in [9.17, 15) is 9.18 Å². The molecule has 0 saturated carbocycles. The monoisotopic (exact) mass is 159 g/mol. The highest BCUT2D eigenvalue weighted by atomic mass is 19.1. The zero-order valence-electron chi connectivity index (χ0n) is 7.20. The van der Waals surface area contributed by atoms with Crippen LogP contribution in [-0.2, 0) is 4.79 Å². The molecule has 1 aliphatic rings. The second kappa shape index (κ2) is 2.27. The van der Waals surface area contributed by atoms with Crippen molar-refractivity contribution in [3.63, 3.8) is 0 Å². The van der Waals surface area contributed by atoms with Gasteiger partial charge in [-0.3, -0.25) is 4.79 Å². The number of carbonyl (C=O) groups is 1. The molecule has 0 amide bonds. The number of nitrogens with one attached hydrogen (secondary N) is 1. The fourth-order valence-electron chi connectivity index (χ4n) is 1.45. The van der Waals surface area contributed by atoms with Crippen molar-refractivity contribution in [3.8, 4) is 0 Å². The van der Waals surface area contributed by atoms with Gasteiger partial charge in [-0.1, -0.05) is 0 Å². The van der Waals surface area contributed by atoms with E-state index < -0.39 is 5.67 Å². The number of rotatable bonds is 1. The molecule has 0 aromatic heterocycles. The second-order valence-corrected chi connectivity index (χ2v) is 3.94. The summed E-state index contributed by atoms with van der Waals surface area (Å²) >= 11 is 0. The fraction of sp³-hybridized carbons (Fsp3) is 0.875. The predicted octanol–water partition coefficient (Wildman–Crippen LogP) is 1.06. The molecule has 1 rings (SSSR count). The number of carbonyl (C=O) groups excluding carboxylic acids is 1. The number of hydrogen-bond donors (Lipinski definition) is 1. The van der Waals surface area contributed by atoms with E-state index in [1.165, 1.54) is 6.92 Å². The third kappa shape index (κ3) is 1.59. The molecule has 0 radical (unpaired) electrons. The summed E-state index contributed by atoms with van der Waals surface area (Å²) in [6, 6.07) is 0. The first-order valence-corrected chi connectivity index (χ1v) is 3.81. The lowest BCUT2D eigenvalue weighted by Gasteiger charge is -2.18. The van der Waals surface area contributed by atoms with Crippen LogP contribution in [-0.4, -0.2) is 23.5 Å². The van der Waals surface area contributed by atoms with E-state index in [0.717, 1.165) is 0 Å². The SMILES string of the molecule is CC(=O)[C@@]1(F)CNC(C)(C)C1. The molecule has 0 aromatic rings. The molecule has 11 heavy (non-hydrogen) atoms. The molecule has 0 bridgehead atoms. The number of halogens is 1. The van der Waals surface area contributed by atoms with Crippen molar-refractivity contribution in [1.82, 2.24) is 5.32 Å². The van der Waals surface area contributed by atoms with Gasteiger partial charge in [-0.25, -0.2) is 4.39 Å². The van der Waals surface area contributed by atoms with Crippen LogP contribution in [0.2, 0.25) is 0 Å². The molecule has 1 atom stereocenters. The number of hydrogen-bond acceptors (Lipinski definition) is 2. The van der Waals surface area contributed by atoms with E-state index in [1.807, 2.05) is 13.8 Å². The van der Waals surface area contributed by atoms with E-state index in [0.29, 0.717) is 0 Å². The molecule has 3 heteroatoms. The molecule has 0 spiro atoms. The maximum absolute atomic E-state index is 13.5. The Balaban J connectivity index is 2.73. The molecular formula is C8H14FNO. The van der Waals surface area contributed by atoms with Gasteiger partial charge >= 0.3 is 0 Å². The minimum Gasteiger partial charge on any atom is -0.308 e. The van der Waals surface area contributed by atoms with Crippen LogP contribution in [0.5, 0.6) is 0 Å². The second-order valence-electron chi connectivity index (χ2n) is 3.94. The minimum atomic E-state index is -1.62. The fourth-order valence-corrected chi connectivity index (χ4v) is 1.45. The minimum absolute atomic E-state index is 0.162. The lowest BCUT2D eigenvalue weighted by atomic mass is 9.92. The van der Waals surface area contributed by atoms with E-state index >= 15 is 0 Å². The van der Waals surface area contributed by atoms with Crippen molar-refractivity contribution in [1.29, 1.82) is 0 Å². The lowest BCUT2D eigenvalue weighted by Crippen LogP contribution is -2.33. The van der Waals surface area contributed by atoms with E-state index in [-0.39, 0.29) is 24.3 Å². The Labute approximate surface area is 66.2 Å². The molecule has 0 aliphatic carbocycles. The lowest BCUT2D eigenvalue weighted by molar-refractivity contribution is -0.127. The van der Waals surface area contributed by atoms with Crippen LogP contribution in [0.1, 0.15) is 27.2 Å². The summed E-state index contributed by atoms with van der Waals surface area (Å²) in [4.78, 5) is 10.8. The van der Waals surface area contributed by atoms with Crippen molar-refractivity contribution >= 4 is 5.78 Å². The summed E-state index contributed by atoms with van der Waals surface area (Å²) in [6.45, 7) is 5.27. The van der Waals surface area contributed by atoms with Crippen LogP contribution in [0.4, 0.5) is 4.39 Å². The third-order valence-corrected chi connectivity index (χ3v) is 2.20. The highest BCUT2D eigenvalue weighted by Crippen LogP contribution is 2.30. The smallest absolute Gasteiger partial charge is 0.182 e. The van der Waals surface area contributed by atoms with Gasteiger partial charge < -0.3 is 5.32 Å². The molecule has 64 valence electrons. The summed E-state index contributed by atoms with van der Waals surface area (Å²) in [5.74, 6) is -0.365. The Hall–Kier alpha value is -0.440. The Morgan fingerprint density at radius 2 is 2.09 bits per heavy atom. The van der Waals surface area contributed by atoms with Gasteiger partial charge in [0.05, 0.1) is 0 Å². The van der Waals surface area contributed by atoms with Gasteiger partial charge in [-0.05, 0) is 20.8 Å². The first kappa shape index (κ1) is 8.65.